The van der Waals surface area contributed by atoms with Crippen LogP contribution in [0.5, 0.6) is 11.5 Å². The van der Waals surface area contributed by atoms with Crippen LogP contribution in [-0.2, 0) is 0 Å². The summed E-state index contributed by atoms with van der Waals surface area (Å²) in [5, 5.41) is 7.16. The second kappa shape index (κ2) is 7.99. The lowest BCUT2D eigenvalue weighted by Gasteiger charge is -2.38. The summed E-state index contributed by atoms with van der Waals surface area (Å²) < 4.78 is 12.3. The molecule has 2 atom stereocenters. The summed E-state index contributed by atoms with van der Waals surface area (Å²) in [6.07, 6.45) is 0.565. The Morgan fingerprint density at radius 1 is 1.03 bits per heavy atom. The Morgan fingerprint density at radius 2 is 1.81 bits per heavy atom. The number of ether oxygens (including phenoxy) is 2. The van der Waals surface area contributed by atoms with Crippen LogP contribution in [0.15, 0.2) is 77.9 Å². The van der Waals surface area contributed by atoms with Gasteiger partial charge in [-0.2, -0.15) is 5.10 Å². The van der Waals surface area contributed by atoms with Gasteiger partial charge in [-0.05, 0) is 42.8 Å². The summed E-state index contributed by atoms with van der Waals surface area (Å²) in [7, 11) is 4.09. The first kappa shape index (κ1) is 19.5. The zero-order valence-corrected chi connectivity index (χ0v) is 18.2. The van der Waals surface area contributed by atoms with Crippen LogP contribution in [0, 0.1) is 0 Å². The maximum atomic E-state index is 6.50. The van der Waals surface area contributed by atoms with Crippen LogP contribution in [0.2, 0.25) is 0 Å². The quantitative estimate of drug-likeness (QED) is 0.562. The van der Waals surface area contributed by atoms with E-state index in [1.165, 1.54) is 0 Å². The predicted octanol–water partition coefficient (Wildman–Crippen LogP) is 5.39. The van der Waals surface area contributed by atoms with Crippen molar-refractivity contribution < 1.29 is 9.47 Å². The number of benzene rings is 3. The Morgan fingerprint density at radius 3 is 2.52 bits per heavy atom. The molecule has 2 aliphatic heterocycles. The zero-order valence-electron chi connectivity index (χ0n) is 18.2. The number of nitrogens with zero attached hydrogens (tertiary/aromatic N) is 3. The van der Waals surface area contributed by atoms with Gasteiger partial charge in [-0.25, -0.2) is 5.01 Å². The summed E-state index contributed by atoms with van der Waals surface area (Å²) >= 11 is 0. The summed E-state index contributed by atoms with van der Waals surface area (Å²) in [5.74, 6) is 1.77. The molecular formula is C26H27N3O2. The molecule has 5 rings (SSSR count). The van der Waals surface area contributed by atoms with Crippen LogP contribution < -0.4 is 14.4 Å². The van der Waals surface area contributed by atoms with Crippen LogP contribution in [0.25, 0.3) is 0 Å². The third-order valence-corrected chi connectivity index (χ3v) is 5.87. The van der Waals surface area contributed by atoms with Gasteiger partial charge in [0.1, 0.15) is 11.5 Å². The summed E-state index contributed by atoms with van der Waals surface area (Å²) in [6, 6.07) is 25.1. The molecule has 0 amide bonds. The minimum Gasteiger partial charge on any atom is -0.494 e. The van der Waals surface area contributed by atoms with Crippen molar-refractivity contribution in [1.29, 1.82) is 0 Å². The summed E-state index contributed by atoms with van der Waals surface area (Å²) in [4.78, 5) is 2.10. The maximum absolute atomic E-state index is 6.50. The molecule has 0 unspecified atom stereocenters. The molecule has 0 fully saturated rings. The van der Waals surface area contributed by atoms with E-state index in [4.69, 9.17) is 14.6 Å². The van der Waals surface area contributed by atoms with Crippen molar-refractivity contribution in [2.24, 2.45) is 5.10 Å². The van der Waals surface area contributed by atoms with E-state index in [1.54, 1.807) is 0 Å². The van der Waals surface area contributed by atoms with Crippen LogP contribution in [0.4, 0.5) is 5.69 Å². The van der Waals surface area contributed by atoms with Crippen molar-refractivity contribution in [2.75, 3.05) is 25.6 Å². The van der Waals surface area contributed by atoms with Crippen LogP contribution in [-0.4, -0.2) is 31.4 Å². The molecule has 5 nitrogen and oxygen atoms in total. The van der Waals surface area contributed by atoms with Gasteiger partial charge >= 0.3 is 0 Å². The molecule has 31 heavy (non-hydrogen) atoms. The van der Waals surface area contributed by atoms with Crippen molar-refractivity contribution in [3.63, 3.8) is 0 Å². The molecule has 0 saturated heterocycles. The minimum absolute atomic E-state index is 0.109. The molecule has 2 heterocycles. The highest BCUT2D eigenvalue weighted by atomic mass is 16.5. The number of hydrazone groups is 1. The largest absolute Gasteiger partial charge is 0.494 e. The van der Waals surface area contributed by atoms with Crippen LogP contribution >= 0.6 is 0 Å². The molecular weight excluding hydrogens is 386 g/mol. The van der Waals surface area contributed by atoms with E-state index >= 15 is 0 Å². The highest BCUT2D eigenvalue weighted by molar-refractivity contribution is 6.01. The molecule has 0 aromatic heterocycles. The lowest BCUT2D eigenvalue weighted by atomic mass is 9.95. The van der Waals surface area contributed by atoms with E-state index in [-0.39, 0.29) is 12.3 Å². The Labute approximate surface area is 183 Å². The molecule has 3 aromatic carbocycles. The van der Waals surface area contributed by atoms with E-state index in [9.17, 15) is 0 Å². The normalized spacial score (nSPS) is 19.2. The number of hydrogen-bond donors (Lipinski definition) is 0. The van der Waals surface area contributed by atoms with E-state index < -0.39 is 0 Å². The van der Waals surface area contributed by atoms with Gasteiger partial charge in [0, 0.05) is 37.3 Å². The highest BCUT2D eigenvalue weighted by Crippen LogP contribution is 2.48. The monoisotopic (exact) mass is 413 g/mol. The van der Waals surface area contributed by atoms with Crippen molar-refractivity contribution >= 4 is 11.4 Å². The first-order chi connectivity index (χ1) is 15.1. The lowest BCUT2D eigenvalue weighted by Crippen LogP contribution is -2.33. The lowest BCUT2D eigenvalue weighted by molar-refractivity contribution is -0.0191. The molecule has 3 aromatic rings. The molecule has 0 aliphatic carbocycles. The Bertz CT molecular complexity index is 1090. The summed E-state index contributed by atoms with van der Waals surface area (Å²) in [6.45, 7) is 2.64. The third kappa shape index (κ3) is 3.61. The van der Waals surface area contributed by atoms with Gasteiger partial charge in [0.15, 0.2) is 0 Å². The van der Waals surface area contributed by atoms with Crippen LogP contribution in [0.1, 0.15) is 42.3 Å². The van der Waals surface area contributed by atoms with Gasteiger partial charge in [0.05, 0.1) is 18.4 Å². The van der Waals surface area contributed by atoms with Crippen molar-refractivity contribution in [2.45, 2.75) is 25.6 Å². The number of fused-ring (bicyclic) bond motifs is 3. The molecule has 0 spiro atoms. The first-order valence-electron chi connectivity index (χ1n) is 10.8. The third-order valence-electron chi connectivity index (χ3n) is 5.87. The van der Waals surface area contributed by atoms with E-state index in [2.05, 4.69) is 64.5 Å². The summed E-state index contributed by atoms with van der Waals surface area (Å²) in [5.41, 5.74) is 5.61. The van der Waals surface area contributed by atoms with E-state index in [1.807, 2.05) is 39.2 Å². The van der Waals surface area contributed by atoms with E-state index in [0.717, 1.165) is 46.0 Å². The fourth-order valence-corrected chi connectivity index (χ4v) is 4.28. The Hall–Kier alpha value is -3.47. The maximum Gasteiger partial charge on any atom is 0.213 e. The smallest absolute Gasteiger partial charge is 0.213 e. The number of hydrogen-bond acceptors (Lipinski definition) is 5. The average Bonchev–Trinajstić information content (AvgIpc) is 3.25. The second-order valence-corrected chi connectivity index (χ2v) is 8.10. The van der Waals surface area contributed by atoms with Gasteiger partial charge in [0.25, 0.3) is 0 Å². The number of anilines is 1. The molecule has 158 valence electrons. The van der Waals surface area contributed by atoms with Gasteiger partial charge in [-0.3, -0.25) is 0 Å². The molecule has 5 heteroatoms. The minimum atomic E-state index is -0.270. The fourth-order valence-electron chi connectivity index (χ4n) is 4.28. The van der Waals surface area contributed by atoms with Crippen molar-refractivity contribution in [3.05, 3.63) is 89.5 Å². The topological polar surface area (TPSA) is 37.3 Å². The van der Waals surface area contributed by atoms with Crippen molar-refractivity contribution in [3.8, 4) is 11.5 Å². The van der Waals surface area contributed by atoms with Crippen LogP contribution in [0.3, 0.4) is 0 Å². The fraction of sp³-hybridized carbons (Fsp3) is 0.269. The van der Waals surface area contributed by atoms with Gasteiger partial charge in [0.2, 0.25) is 6.23 Å². The second-order valence-electron chi connectivity index (χ2n) is 8.10. The molecule has 0 bridgehead atoms. The molecule has 2 aliphatic rings. The predicted molar refractivity (Wildman–Crippen MR) is 124 cm³/mol. The van der Waals surface area contributed by atoms with Crippen molar-refractivity contribution in [1.82, 2.24) is 5.01 Å². The average molecular weight is 414 g/mol. The Kier molecular flexibility index (Phi) is 5.02. The standard InChI is InChI=1S/C26H27N3O2/c1-4-30-21-14-15-25-22(16-21)24-17-23(18-8-6-5-7-9-18)27-29(24)26(31-25)19-10-12-20(13-11-19)28(2)3/h5-16,24,26H,4,17H2,1-3H3/t24-,26-/m1/s1. The van der Waals surface area contributed by atoms with Gasteiger partial charge < -0.3 is 14.4 Å². The SMILES string of the molecule is CCOc1ccc2c(c1)[C@H]1CC(c3ccccc3)=NN1[C@@H](c1ccc(N(C)C)cc1)O2. The van der Waals surface area contributed by atoms with Gasteiger partial charge in [-0.15, -0.1) is 0 Å². The molecule has 0 radical (unpaired) electrons. The number of rotatable bonds is 5. The zero-order chi connectivity index (χ0) is 21.4. The van der Waals surface area contributed by atoms with Gasteiger partial charge in [-0.1, -0.05) is 42.5 Å². The molecule has 0 saturated carbocycles. The Balaban J connectivity index is 1.56. The van der Waals surface area contributed by atoms with E-state index in [0.29, 0.717) is 6.61 Å². The first-order valence-corrected chi connectivity index (χ1v) is 10.8. The highest BCUT2D eigenvalue weighted by Gasteiger charge is 2.41. The molecule has 0 N–H and O–H groups in total.